The Hall–Kier alpha value is -3.81. The summed E-state index contributed by atoms with van der Waals surface area (Å²) in [5, 5.41) is 8.88. The fraction of sp³-hybridized carbons (Fsp3) is 0.310. The second kappa shape index (κ2) is 11.5. The maximum absolute atomic E-state index is 12.7. The minimum atomic E-state index is -4.35. The van der Waals surface area contributed by atoms with E-state index in [9.17, 15) is 22.8 Å². The first kappa shape index (κ1) is 26.3. The molecule has 0 unspecified atom stereocenters. The molecule has 1 aliphatic heterocycles. The molecule has 0 saturated carbocycles. The number of carboxylic acids is 1. The average molecular weight is 512 g/mol. The van der Waals surface area contributed by atoms with E-state index in [2.05, 4.69) is 0 Å². The van der Waals surface area contributed by atoms with E-state index in [1.807, 2.05) is 24.3 Å². The number of rotatable bonds is 7. The average Bonchev–Trinajstić information content (AvgIpc) is 2.86. The summed E-state index contributed by atoms with van der Waals surface area (Å²) in [5.41, 5.74) is 2.93. The van der Waals surface area contributed by atoms with Crippen molar-refractivity contribution in [2.24, 2.45) is 5.92 Å². The molecule has 3 aromatic rings. The fourth-order valence-electron chi connectivity index (χ4n) is 4.51. The zero-order chi connectivity index (χ0) is 26.4. The molecule has 5 nitrogen and oxygen atoms in total. The summed E-state index contributed by atoms with van der Waals surface area (Å²) in [5.74, 6) is 0.0182. The fourth-order valence-corrected chi connectivity index (χ4v) is 4.51. The lowest BCUT2D eigenvalue weighted by atomic mass is 9.90. The first-order valence-electron chi connectivity index (χ1n) is 12.2. The SMILES string of the molecule is O=C(O)Cc1ccc(CC2CCN(C(=O)Oc3ccc(Cc4ccc(C(F)(F)F)cc4)cc3)CC2)cc1. The number of carbonyl (C=O) groups excluding carboxylic acids is 1. The van der Waals surface area contributed by atoms with E-state index in [-0.39, 0.29) is 6.42 Å². The monoisotopic (exact) mass is 511 g/mol. The van der Waals surface area contributed by atoms with E-state index in [1.165, 1.54) is 12.1 Å². The van der Waals surface area contributed by atoms with Gasteiger partial charge >= 0.3 is 18.2 Å². The summed E-state index contributed by atoms with van der Waals surface area (Å²) in [6.07, 6.45) is -1.65. The summed E-state index contributed by atoms with van der Waals surface area (Å²) < 4.78 is 43.7. The van der Waals surface area contributed by atoms with Gasteiger partial charge in [-0.25, -0.2) is 4.79 Å². The topological polar surface area (TPSA) is 66.8 Å². The summed E-state index contributed by atoms with van der Waals surface area (Å²) in [7, 11) is 0. The molecule has 194 valence electrons. The molecule has 0 radical (unpaired) electrons. The molecule has 0 bridgehead atoms. The van der Waals surface area contributed by atoms with Gasteiger partial charge in [-0.3, -0.25) is 4.79 Å². The van der Waals surface area contributed by atoms with Crippen molar-refractivity contribution in [1.82, 2.24) is 4.90 Å². The van der Waals surface area contributed by atoms with Crippen molar-refractivity contribution in [3.8, 4) is 5.75 Å². The highest BCUT2D eigenvalue weighted by molar-refractivity contribution is 5.71. The maximum Gasteiger partial charge on any atom is 0.416 e. The van der Waals surface area contributed by atoms with Gasteiger partial charge in [-0.1, -0.05) is 48.5 Å². The van der Waals surface area contributed by atoms with Crippen LogP contribution in [0.25, 0.3) is 0 Å². The Balaban J connectivity index is 1.22. The van der Waals surface area contributed by atoms with E-state index >= 15 is 0 Å². The van der Waals surface area contributed by atoms with Crippen LogP contribution in [-0.2, 0) is 30.2 Å². The predicted molar refractivity (Wildman–Crippen MR) is 132 cm³/mol. The first-order chi connectivity index (χ1) is 17.7. The largest absolute Gasteiger partial charge is 0.481 e. The van der Waals surface area contributed by atoms with Crippen molar-refractivity contribution >= 4 is 12.1 Å². The Morgan fingerprint density at radius 1 is 0.811 bits per heavy atom. The number of aliphatic carboxylic acids is 1. The van der Waals surface area contributed by atoms with E-state index in [0.29, 0.717) is 31.2 Å². The number of hydrogen-bond donors (Lipinski definition) is 1. The normalized spacial score (nSPS) is 14.4. The summed E-state index contributed by atoms with van der Waals surface area (Å²) in [6, 6.07) is 19.7. The minimum absolute atomic E-state index is 0.0165. The smallest absolute Gasteiger partial charge is 0.416 e. The third kappa shape index (κ3) is 7.59. The van der Waals surface area contributed by atoms with Crippen LogP contribution in [0.2, 0.25) is 0 Å². The highest BCUT2D eigenvalue weighted by atomic mass is 19.4. The molecule has 0 atom stereocenters. The van der Waals surface area contributed by atoms with Crippen LogP contribution in [-0.4, -0.2) is 35.2 Å². The third-order valence-corrected chi connectivity index (χ3v) is 6.59. The molecular weight excluding hydrogens is 483 g/mol. The number of carboxylic acid groups (broad SMARTS) is 1. The number of amides is 1. The Labute approximate surface area is 213 Å². The second-order valence-corrected chi connectivity index (χ2v) is 9.40. The number of likely N-dealkylation sites (tertiary alicyclic amines) is 1. The van der Waals surface area contributed by atoms with Crippen molar-refractivity contribution < 1.29 is 32.6 Å². The highest BCUT2D eigenvalue weighted by Gasteiger charge is 2.30. The van der Waals surface area contributed by atoms with Gasteiger partial charge in [0.25, 0.3) is 0 Å². The highest BCUT2D eigenvalue weighted by Crippen LogP contribution is 2.29. The van der Waals surface area contributed by atoms with Crippen molar-refractivity contribution in [2.75, 3.05) is 13.1 Å². The third-order valence-electron chi connectivity index (χ3n) is 6.59. The van der Waals surface area contributed by atoms with E-state index in [4.69, 9.17) is 9.84 Å². The van der Waals surface area contributed by atoms with Gasteiger partial charge in [0, 0.05) is 13.1 Å². The number of alkyl halides is 3. The molecule has 1 heterocycles. The van der Waals surface area contributed by atoms with Crippen molar-refractivity contribution in [3.05, 3.63) is 101 Å². The molecule has 3 aromatic carbocycles. The molecule has 1 N–H and O–H groups in total. The quantitative estimate of drug-likeness (QED) is 0.400. The van der Waals surface area contributed by atoms with Gasteiger partial charge < -0.3 is 14.7 Å². The van der Waals surface area contributed by atoms with Crippen LogP contribution in [0, 0.1) is 5.92 Å². The number of halogens is 3. The predicted octanol–water partition coefficient (Wildman–Crippen LogP) is 6.38. The number of nitrogens with zero attached hydrogens (tertiary/aromatic N) is 1. The second-order valence-electron chi connectivity index (χ2n) is 9.40. The van der Waals surface area contributed by atoms with Crippen molar-refractivity contribution in [3.63, 3.8) is 0 Å². The van der Waals surface area contributed by atoms with Crippen LogP contribution in [0.1, 0.15) is 40.7 Å². The van der Waals surface area contributed by atoms with Gasteiger partial charge in [-0.2, -0.15) is 13.2 Å². The van der Waals surface area contributed by atoms with Crippen LogP contribution in [0.5, 0.6) is 5.75 Å². The first-order valence-corrected chi connectivity index (χ1v) is 12.2. The molecule has 1 fully saturated rings. The van der Waals surface area contributed by atoms with Crippen LogP contribution in [0.3, 0.4) is 0 Å². The van der Waals surface area contributed by atoms with Gasteiger partial charge in [0.1, 0.15) is 5.75 Å². The van der Waals surface area contributed by atoms with Gasteiger partial charge in [0.15, 0.2) is 0 Å². The van der Waals surface area contributed by atoms with Crippen molar-refractivity contribution in [2.45, 2.75) is 38.3 Å². The minimum Gasteiger partial charge on any atom is -0.481 e. The lowest BCUT2D eigenvalue weighted by Crippen LogP contribution is -2.40. The molecule has 4 rings (SSSR count). The number of ether oxygens (including phenoxy) is 1. The lowest BCUT2D eigenvalue weighted by Gasteiger charge is -2.31. The van der Waals surface area contributed by atoms with E-state index in [1.54, 1.807) is 29.2 Å². The standard InChI is InChI=1S/C29H28F3NO4/c30-29(31,32)25-9-5-21(6-10-25)17-22-7-11-26(12-8-22)37-28(36)33-15-13-24(14-16-33)18-20-1-3-23(4-2-20)19-27(34)35/h1-12,24H,13-19H2,(H,34,35). The molecular formula is C29H28F3NO4. The summed E-state index contributed by atoms with van der Waals surface area (Å²) >= 11 is 0. The molecule has 1 saturated heterocycles. The van der Waals surface area contributed by atoms with Gasteiger partial charge in [0.2, 0.25) is 0 Å². The lowest BCUT2D eigenvalue weighted by molar-refractivity contribution is -0.138. The van der Waals surface area contributed by atoms with E-state index < -0.39 is 23.8 Å². The molecule has 1 aliphatic rings. The number of piperidine rings is 1. The number of hydrogen-bond acceptors (Lipinski definition) is 3. The van der Waals surface area contributed by atoms with Gasteiger partial charge in [0.05, 0.1) is 12.0 Å². The van der Waals surface area contributed by atoms with Crippen molar-refractivity contribution in [1.29, 1.82) is 0 Å². The summed E-state index contributed by atoms with van der Waals surface area (Å²) in [4.78, 5) is 25.1. The molecule has 8 heteroatoms. The molecule has 0 spiro atoms. The summed E-state index contributed by atoms with van der Waals surface area (Å²) in [6.45, 7) is 1.21. The molecule has 0 aliphatic carbocycles. The van der Waals surface area contributed by atoms with Gasteiger partial charge in [-0.05, 0) is 78.1 Å². The van der Waals surface area contributed by atoms with Crippen LogP contribution in [0.4, 0.5) is 18.0 Å². The molecule has 0 aromatic heterocycles. The molecule has 37 heavy (non-hydrogen) atoms. The number of carbonyl (C=O) groups is 2. The van der Waals surface area contributed by atoms with E-state index in [0.717, 1.165) is 53.6 Å². The Morgan fingerprint density at radius 3 is 1.86 bits per heavy atom. The molecule has 1 amide bonds. The Morgan fingerprint density at radius 2 is 1.32 bits per heavy atom. The Bertz CT molecular complexity index is 1200. The zero-order valence-corrected chi connectivity index (χ0v) is 20.2. The van der Waals surface area contributed by atoms with Crippen LogP contribution < -0.4 is 4.74 Å². The Kier molecular flexibility index (Phi) is 8.16. The van der Waals surface area contributed by atoms with Crippen LogP contribution in [0.15, 0.2) is 72.8 Å². The zero-order valence-electron chi connectivity index (χ0n) is 20.2. The maximum atomic E-state index is 12.7. The van der Waals surface area contributed by atoms with Crippen LogP contribution >= 0.6 is 0 Å². The van der Waals surface area contributed by atoms with Gasteiger partial charge in [-0.15, -0.1) is 0 Å². The number of benzene rings is 3.